The zero-order chi connectivity index (χ0) is 23.1. The highest BCUT2D eigenvalue weighted by Gasteiger charge is 2.50. The zero-order valence-corrected chi connectivity index (χ0v) is 19.5. The summed E-state index contributed by atoms with van der Waals surface area (Å²) in [5.74, 6) is 0.166. The number of carbonyl (C=O) groups excluding carboxylic acids is 2. The topological polar surface area (TPSA) is 49.4 Å². The van der Waals surface area contributed by atoms with Gasteiger partial charge in [0.2, 0.25) is 11.8 Å². The Hall–Kier alpha value is -2.40. The number of rotatable bonds is 3. The molecule has 3 fully saturated rings. The van der Waals surface area contributed by atoms with Gasteiger partial charge in [-0.15, -0.1) is 0 Å². The van der Waals surface area contributed by atoms with Gasteiger partial charge in [0.15, 0.2) is 0 Å². The number of amides is 2. The first-order valence-corrected chi connectivity index (χ1v) is 12.4. The molecule has 0 aromatic heterocycles. The van der Waals surface area contributed by atoms with Crippen LogP contribution in [-0.4, -0.2) is 36.3 Å². The average Bonchev–Trinajstić information content (AvgIpc) is 3.32. The van der Waals surface area contributed by atoms with E-state index in [4.69, 9.17) is 11.6 Å². The van der Waals surface area contributed by atoms with E-state index in [0.29, 0.717) is 31.1 Å². The molecular weight excluding hydrogens is 439 g/mol. The quantitative estimate of drug-likeness (QED) is 0.672. The summed E-state index contributed by atoms with van der Waals surface area (Å²) in [7, 11) is 0. The van der Waals surface area contributed by atoms with Gasteiger partial charge in [-0.3, -0.25) is 9.59 Å². The van der Waals surface area contributed by atoms with Gasteiger partial charge in [-0.05, 0) is 66.5 Å². The third kappa shape index (κ3) is 4.05. The van der Waals surface area contributed by atoms with Gasteiger partial charge in [0, 0.05) is 37.0 Å². The molecule has 5 rings (SSSR count). The Balaban J connectivity index is 1.37. The zero-order valence-electron chi connectivity index (χ0n) is 18.8. The minimum absolute atomic E-state index is 0.0709. The second-order valence-electron chi connectivity index (χ2n) is 10.0. The number of hydrogen-bond acceptors (Lipinski definition) is 2. The van der Waals surface area contributed by atoms with E-state index in [1.165, 1.54) is 12.1 Å². The first-order chi connectivity index (χ1) is 15.9. The summed E-state index contributed by atoms with van der Waals surface area (Å²) in [5.41, 5.74) is 1.47. The molecule has 174 valence electrons. The molecule has 4 nitrogen and oxygen atoms in total. The van der Waals surface area contributed by atoms with E-state index < -0.39 is 5.41 Å². The van der Waals surface area contributed by atoms with Crippen LogP contribution >= 0.6 is 11.6 Å². The van der Waals surface area contributed by atoms with Gasteiger partial charge in [-0.1, -0.05) is 48.7 Å². The summed E-state index contributed by atoms with van der Waals surface area (Å²) in [4.78, 5) is 28.3. The highest BCUT2D eigenvalue weighted by atomic mass is 35.5. The van der Waals surface area contributed by atoms with E-state index in [1.54, 1.807) is 0 Å². The summed E-state index contributed by atoms with van der Waals surface area (Å²) >= 11 is 6.11. The second-order valence-corrected chi connectivity index (χ2v) is 10.5. The van der Waals surface area contributed by atoms with Crippen molar-refractivity contribution in [2.45, 2.75) is 56.3 Å². The molecular formula is C27H30ClFN2O2. The minimum Gasteiger partial charge on any atom is -0.355 e. The van der Waals surface area contributed by atoms with Crippen LogP contribution in [0.1, 0.15) is 62.0 Å². The second kappa shape index (κ2) is 8.75. The maximum atomic E-state index is 13.9. The largest absolute Gasteiger partial charge is 0.355 e. The Labute approximate surface area is 199 Å². The molecule has 1 N–H and O–H groups in total. The van der Waals surface area contributed by atoms with Crippen LogP contribution in [0.2, 0.25) is 5.02 Å². The molecule has 2 aromatic rings. The van der Waals surface area contributed by atoms with Crippen molar-refractivity contribution in [3.63, 3.8) is 0 Å². The first-order valence-electron chi connectivity index (χ1n) is 12.0. The predicted octanol–water partition coefficient (Wildman–Crippen LogP) is 5.20. The molecule has 2 aliphatic heterocycles. The lowest BCUT2D eigenvalue weighted by molar-refractivity contribution is -0.141. The van der Waals surface area contributed by atoms with Gasteiger partial charge < -0.3 is 10.2 Å². The third-order valence-corrected chi connectivity index (χ3v) is 8.59. The fourth-order valence-electron chi connectivity index (χ4n) is 6.46. The summed E-state index contributed by atoms with van der Waals surface area (Å²) in [6.45, 7) is 1.87. The van der Waals surface area contributed by atoms with Crippen LogP contribution in [0.5, 0.6) is 0 Å². The van der Waals surface area contributed by atoms with Gasteiger partial charge in [-0.2, -0.15) is 0 Å². The fraction of sp³-hybridized carbons (Fsp3) is 0.481. The molecule has 2 amide bonds. The molecule has 0 bridgehead atoms. The summed E-state index contributed by atoms with van der Waals surface area (Å²) < 4.78 is 13.5. The van der Waals surface area contributed by atoms with Crippen molar-refractivity contribution in [1.29, 1.82) is 0 Å². The number of hydrogen-bond donors (Lipinski definition) is 1. The van der Waals surface area contributed by atoms with Crippen molar-refractivity contribution >= 4 is 23.4 Å². The van der Waals surface area contributed by atoms with Crippen LogP contribution in [0, 0.1) is 11.2 Å². The van der Waals surface area contributed by atoms with Crippen molar-refractivity contribution in [3.05, 3.63) is 70.5 Å². The van der Waals surface area contributed by atoms with E-state index in [-0.39, 0.29) is 29.0 Å². The molecule has 2 heterocycles. The SMILES string of the molecule is O=C1CC2(CCN(C(=O)C3(c4ccc(Cl)cc4)CCCC3)CC2)[C@H](c2ccc(F)cc2)CN1. The van der Waals surface area contributed by atoms with Crippen LogP contribution in [-0.2, 0) is 15.0 Å². The summed E-state index contributed by atoms with van der Waals surface area (Å²) in [6, 6.07) is 14.4. The average molecular weight is 469 g/mol. The molecule has 2 saturated heterocycles. The fourth-order valence-corrected chi connectivity index (χ4v) is 6.59. The third-order valence-electron chi connectivity index (χ3n) is 8.34. The van der Waals surface area contributed by atoms with Crippen LogP contribution in [0.3, 0.4) is 0 Å². The summed E-state index contributed by atoms with van der Waals surface area (Å²) in [6.07, 6.45) is 5.87. The molecule has 33 heavy (non-hydrogen) atoms. The van der Waals surface area contributed by atoms with Crippen LogP contribution in [0.15, 0.2) is 48.5 Å². The Morgan fingerprint density at radius 1 is 0.970 bits per heavy atom. The number of nitrogens with zero attached hydrogens (tertiary/aromatic N) is 1. The molecule has 1 spiro atoms. The van der Waals surface area contributed by atoms with E-state index >= 15 is 0 Å². The van der Waals surface area contributed by atoms with Crippen LogP contribution in [0.4, 0.5) is 4.39 Å². The number of halogens is 2. The molecule has 0 radical (unpaired) electrons. The highest BCUT2D eigenvalue weighted by molar-refractivity contribution is 6.30. The molecule has 3 aliphatic rings. The van der Waals surface area contributed by atoms with Gasteiger partial charge in [-0.25, -0.2) is 4.39 Å². The van der Waals surface area contributed by atoms with Crippen molar-refractivity contribution in [3.8, 4) is 0 Å². The Morgan fingerprint density at radius 2 is 1.61 bits per heavy atom. The number of carbonyl (C=O) groups is 2. The highest BCUT2D eigenvalue weighted by Crippen LogP contribution is 2.50. The lowest BCUT2D eigenvalue weighted by Crippen LogP contribution is -2.55. The molecule has 6 heteroatoms. The lowest BCUT2D eigenvalue weighted by atomic mass is 9.62. The van der Waals surface area contributed by atoms with Crippen molar-refractivity contribution < 1.29 is 14.0 Å². The molecule has 2 aromatic carbocycles. The maximum absolute atomic E-state index is 13.9. The normalized spacial score (nSPS) is 24.0. The Kier molecular flexibility index (Phi) is 5.94. The number of likely N-dealkylation sites (tertiary alicyclic amines) is 1. The van der Waals surface area contributed by atoms with E-state index in [9.17, 15) is 14.0 Å². The predicted molar refractivity (Wildman–Crippen MR) is 127 cm³/mol. The monoisotopic (exact) mass is 468 g/mol. The van der Waals surface area contributed by atoms with E-state index in [0.717, 1.165) is 49.7 Å². The van der Waals surface area contributed by atoms with Gasteiger partial charge in [0.05, 0.1) is 5.41 Å². The van der Waals surface area contributed by atoms with Crippen molar-refractivity contribution in [2.24, 2.45) is 5.41 Å². The summed E-state index contributed by atoms with van der Waals surface area (Å²) in [5, 5.41) is 3.69. The molecule has 1 aliphatic carbocycles. The van der Waals surface area contributed by atoms with Gasteiger partial charge in [0.25, 0.3) is 0 Å². The van der Waals surface area contributed by atoms with Gasteiger partial charge >= 0.3 is 0 Å². The lowest BCUT2D eigenvalue weighted by Gasteiger charge is -2.50. The van der Waals surface area contributed by atoms with Crippen molar-refractivity contribution in [2.75, 3.05) is 19.6 Å². The molecule has 1 atom stereocenters. The number of benzene rings is 2. The number of piperidine rings is 2. The van der Waals surface area contributed by atoms with Crippen LogP contribution < -0.4 is 5.32 Å². The van der Waals surface area contributed by atoms with Gasteiger partial charge in [0.1, 0.15) is 5.82 Å². The van der Waals surface area contributed by atoms with Crippen LogP contribution in [0.25, 0.3) is 0 Å². The molecule has 0 unspecified atom stereocenters. The standard InChI is InChI=1S/C27H30ClFN2O2/c28-21-7-5-20(6-8-21)27(11-1-2-12-27)25(33)31-15-13-26(14-16-31)17-24(32)30-18-23(26)19-3-9-22(29)10-4-19/h3-10,23H,1-2,11-18H2,(H,30,32)/t23-/m0/s1. The Morgan fingerprint density at radius 3 is 2.24 bits per heavy atom. The van der Waals surface area contributed by atoms with E-state index in [1.807, 2.05) is 41.3 Å². The smallest absolute Gasteiger partial charge is 0.233 e. The Bertz CT molecular complexity index is 1020. The number of nitrogens with one attached hydrogen (secondary N) is 1. The van der Waals surface area contributed by atoms with E-state index in [2.05, 4.69) is 5.32 Å². The first kappa shape index (κ1) is 22.4. The molecule has 1 saturated carbocycles. The van der Waals surface area contributed by atoms with Crippen molar-refractivity contribution in [1.82, 2.24) is 10.2 Å². The maximum Gasteiger partial charge on any atom is 0.233 e. The minimum atomic E-state index is -0.463.